The second kappa shape index (κ2) is 5.61. The third-order valence-electron chi connectivity index (χ3n) is 2.68. The molecule has 2 rings (SSSR count). The molecular formula is C13H10ClF3N2. The van der Waals surface area contributed by atoms with Gasteiger partial charge in [0.25, 0.3) is 0 Å². The number of hydrogen-bond donors (Lipinski definition) is 2. The second-order valence-corrected chi connectivity index (χ2v) is 4.37. The molecule has 0 saturated carbocycles. The Labute approximate surface area is 113 Å². The Morgan fingerprint density at radius 3 is 2.21 bits per heavy atom. The molecule has 2 aromatic rings. The highest BCUT2D eigenvalue weighted by Crippen LogP contribution is 2.28. The molecule has 0 aromatic heterocycles. The van der Waals surface area contributed by atoms with E-state index < -0.39 is 23.5 Å². The lowest BCUT2D eigenvalue weighted by Crippen LogP contribution is -2.30. The molecule has 2 nitrogen and oxygen atoms in total. The van der Waals surface area contributed by atoms with Gasteiger partial charge in [-0.1, -0.05) is 23.7 Å². The molecule has 2 aromatic carbocycles. The molecule has 1 atom stereocenters. The second-order valence-electron chi connectivity index (χ2n) is 3.94. The zero-order valence-corrected chi connectivity index (χ0v) is 10.4. The molecule has 1 unspecified atom stereocenters. The van der Waals surface area contributed by atoms with Crippen molar-refractivity contribution in [3.05, 3.63) is 70.0 Å². The molecule has 0 amide bonds. The van der Waals surface area contributed by atoms with E-state index in [1.54, 1.807) is 18.2 Å². The summed E-state index contributed by atoms with van der Waals surface area (Å²) < 4.78 is 40.3. The zero-order chi connectivity index (χ0) is 14.0. The number of halogens is 4. The summed E-state index contributed by atoms with van der Waals surface area (Å²) in [6, 6.07) is 6.63. The van der Waals surface area contributed by atoms with Crippen LogP contribution >= 0.6 is 11.6 Å². The molecule has 3 N–H and O–H groups in total. The molecule has 0 aliphatic carbocycles. The summed E-state index contributed by atoms with van der Waals surface area (Å²) in [6.07, 6.45) is 0. The lowest BCUT2D eigenvalue weighted by Gasteiger charge is -2.18. The van der Waals surface area contributed by atoms with Crippen molar-refractivity contribution >= 4 is 11.6 Å². The summed E-state index contributed by atoms with van der Waals surface area (Å²) in [4.78, 5) is 0. The van der Waals surface area contributed by atoms with E-state index in [9.17, 15) is 13.2 Å². The van der Waals surface area contributed by atoms with Crippen LogP contribution in [-0.2, 0) is 0 Å². The van der Waals surface area contributed by atoms with Gasteiger partial charge in [0, 0.05) is 22.7 Å². The minimum absolute atomic E-state index is 0.355. The van der Waals surface area contributed by atoms with Gasteiger partial charge in [-0.25, -0.2) is 18.6 Å². The highest BCUT2D eigenvalue weighted by Gasteiger charge is 2.22. The normalized spacial score (nSPS) is 12.5. The van der Waals surface area contributed by atoms with Crippen LogP contribution in [0.3, 0.4) is 0 Å². The van der Waals surface area contributed by atoms with Gasteiger partial charge in [-0.2, -0.15) is 0 Å². The Hall–Kier alpha value is -1.56. The summed E-state index contributed by atoms with van der Waals surface area (Å²) in [5, 5.41) is 0.403. The zero-order valence-electron chi connectivity index (χ0n) is 9.63. The Morgan fingerprint density at radius 2 is 1.68 bits per heavy atom. The molecule has 0 aliphatic rings. The standard InChI is InChI=1S/C13H10ClF3N2/c14-8-3-1-2-7(4-8)13(19-18)12-10(16)5-9(15)6-11(12)17/h1-6,13,19H,18H2. The molecule has 0 spiro atoms. The molecule has 19 heavy (non-hydrogen) atoms. The Balaban J connectivity index is 2.54. The first-order valence-electron chi connectivity index (χ1n) is 5.39. The SMILES string of the molecule is NNC(c1cccc(Cl)c1)c1c(F)cc(F)cc1F. The van der Waals surface area contributed by atoms with E-state index in [2.05, 4.69) is 5.43 Å². The number of nitrogens with one attached hydrogen (secondary N) is 1. The first-order valence-corrected chi connectivity index (χ1v) is 5.76. The van der Waals surface area contributed by atoms with Crippen LogP contribution in [0, 0.1) is 17.5 Å². The van der Waals surface area contributed by atoms with Gasteiger partial charge in [-0.05, 0) is 17.7 Å². The Kier molecular flexibility index (Phi) is 4.09. The van der Waals surface area contributed by atoms with Crippen LogP contribution in [-0.4, -0.2) is 0 Å². The molecule has 6 heteroatoms. The van der Waals surface area contributed by atoms with Crippen LogP contribution in [0.25, 0.3) is 0 Å². The highest BCUT2D eigenvalue weighted by atomic mass is 35.5. The molecule has 0 heterocycles. The van der Waals surface area contributed by atoms with Gasteiger partial charge < -0.3 is 0 Å². The summed E-state index contributed by atoms with van der Waals surface area (Å²) in [5.74, 6) is 2.33. The first kappa shape index (κ1) is 13.9. The van der Waals surface area contributed by atoms with Crippen molar-refractivity contribution in [2.75, 3.05) is 0 Å². The van der Waals surface area contributed by atoms with Crippen molar-refractivity contribution < 1.29 is 13.2 Å². The predicted octanol–water partition coefficient (Wildman–Crippen LogP) is 3.31. The van der Waals surface area contributed by atoms with Crippen LogP contribution in [0.2, 0.25) is 5.02 Å². The van der Waals surface area contributed by atoms with Gasteiger partial charge in [0.1, 0.15) is 17.5 Å². The number of rotatable bonds is 3. The van der Waals surface area contributed by atoms with Crippen molar-refractivity contribution in [2.24, 2.45) is 5.84 Å². The Morgan fingerprint density at radius 1 is 1.05 bits per heavy atom. The van der Waals surface area contributed by atoms with Crippen molar-refractivity contribution in [3.63, 3.8) is 0 Å². The average molecular weight is 287 g/mol. The molecule has 0 saturated heterocycles. The number of hydrogen-bond acceptors (Lipinski definition) is 2. The monoisotopic (exact) mass is 286 g/mol. The van der Waals surface area contributed by atoms with E-state index in [0.29, 0.717) is 22.7 Å². The van der Waals surface area contributed by atoms with Gasteiger partial charge in [0.15, 0.2) is 0 Å². The van der Waals surface area contributed by atoms with Crippen LogP contribution in [0.4, 0.5) is 13.2 Å². The summed E-state index contributed by atoms with van der Waals surface area (Å²) in [6.45, 7) is 0. The lowest BCUT2D eigenvalue weighted by molar-refractivity contribution is 0.492. The number of nitrogens with two attached hydrogens (primary N) is 1. The van der Waals surface area contributed by atoms with Crippen molar-refractivity contribution in [3.8, 4) is 0 Å². The first-order chi connectivity index (χ1) is 9.02. The van der Waals surface area contributed by atoms with Crippen molar-refractivity contribution in [1.82, 2.24) is 5.43 Å². The van der Waals surface area contributed by atoms with E-state index in [1.807, 2.05) is 0 Å². The van der Waals surface area contributed by atoms with Gasteiger partial charge in [-0.15, -0.1) is 0 Å². The molecule has 0 radical (unpaired) electrons. The fourth-order valence-corrected chi connectivity index (χ4v) is 2.06. The van der Waals surface area contributed by atoms with Gasteiger partial charge in [0.05, 0.1) is 6.04 Å². The lowest BCUT2D eigenvalue weighted by atomic mass is 9.98. The maximum absolute atomic E-state index is 13.7. The minimum Gasteiger partial charge on any atom is -0.271 e. The fourth-order valence-electron chi connectivity index (χ4n) is 1.86. The molecule has 100 valence electrons. The summed E-state index contributed by atoms with van der Waals surface area (Å²) in [5.41, 5.74) is 2.42. The van der Waals surface area contributed by atoms with Crippen molar-refractivity contribution in [2.45, 2.75) is 6.04 Å². The van der Waals surface area contributed by atoms with E-state index in [1.165, 1.54) is 6.07 Å². The number of hydrazine groups is 1. The summed E-state index contributed by atoms with van der Waals surface area (Å²) in [7, 11) is 0. The molecule has 0 aliphatic heterocycles. The van der Waals surface area contributed by atoms with Crippen LogP contribution in [0.5, 0.6) is 0 Å². The third kappa shape index (κ3) is 2.89. The highest BCUT2D eigenvalue weighted by molar-refractivity contribution is 6.30. The Bertz CT molecular complexity index is 581. The smallest absolute Gasteiger partial charge is 0.134 e. The van der Waals surface area contributed by atoms with E-state index in [-0.39, 0.29) is 5.56 Å². The summed E-state index contributed by atoms with van der Waals surface area (Å²) >= 11 is 5.82. The van der Waals surface area contributed by atoms with Gasteiger partial charge >= 0.3 is 0 Å². The van der Waals surface area contributed by atoms with Crippen molar-refractivity contribution in [1.29, 1.82) is 0 Å². The van der Waals surface area contributed by atoms with Gasteiger partial charge in [-0.3, -0.25) is 5.84 Å². The fraction of sp³-hybridized carbons (Fsp3) is 0.0769. The van der Waals surface area contributed by atoms with E-state index in [0.717, 1.165) is 0 Å². The minimum atomic E-state index is -1.01. The van der Waals surface area contributed by atoms with E-state index >= 15 is 0 Å². The van der Waals surface area contributed by atoms with Crippen LogP contribution in [0.1, 0.15) is 17.2 Å². The number of benzene rings is 2. The maximum Gasteiger partial charge on any atom is 0.134 e. The third-order valence-corrected chi connectivity index (χ3v) is 2.92. The molecule has 0 fully saturated rings. The topological polar surface area (TPSA) is 38.0 Å². The maximum atomic E-state index is 13.7. The van der Waals surface area contributed by atoms with Crippen LogP contribution < -0.4 is 11.3 Å². The van der Waals surface area contributed by atoms with E-state index in [4.69, 9.17) is 17.4 Å². The predicted molar refractivity (Wildman–Crippen MR) is 66.9 cm³/mol. The van der Waals surface area contributed by atoms with Crippen LogP contribution in [0.15, 0.2) is 36.4 Å². The quantitative estimate of drug-likeness (QED) is 0.671. The largest absolute Gasteiger partial charge is 0.271 e. The molecular weight excluding hydrogens is 277 g/mol. The molecule has 0 bridgehead atoms. The van der Waals surface area contributed by atoms with Gasteiger partial charge in [0.2, 0.25) is 0 Å². The average Bonchev–Trinajstić information content (AvgIpc) is 2.33.